The summed E-state index contributed by atoms with van der Waals surface area (Å²) < 4.78 is 0. The molecule has 0 bridgehead atoms. The number of nitrogens with one attached hydrogen (secondary N) is 1. The number of carbonyl (C=O) groups excluding carboxylic acids is 1. The fourth-order valence-electron chi connectivity index (χ4n) is 1.80. The molecule has 0 saturated heterocycles. The van der Waals surface area contributed by atoms with Gasteiger partial charge in [0.05, 0.1) is 11.7 Å². The van der Waals surface area contributed by atoms with Gasteiger partial charge in [-0.25, -0.2) is 0 Å². The van der Waals surface area contributed by atoms with Crippen molar-refractivity contribution in [2.24, 2.45) is 0 Å². The molecule has 0 aromatic heterocycles. The van der Waals surface area contributed by atoms with Crippen molar-refractivity contribution in [1.82, 2.24) is 5.32 Å². The first-order valence-electron chi connectivity index (χ1n) is 6.14. The van der Waals surface area contributed by atoms with Crippen LogP contribution < -0.4 is 11.1 Å². The third-order valence-corrected chi connectivity index (χ3v) is 3.14. The smallest absolute Gasteiger partial charge is 0.253 e. The van der Waals surface area contributed by atoms with Crippen LogP contribution in [0.2, 0.25) is 5.02 Å². The molecule has 0 aliphatic heterocycles. The van der Waals surface area contributed by atoms with Crippen molar-refractivity contribution in [3.05, 3.63) is 64.7 Å². The van der Waals surface area contributed by atoms with Crippen molar-refractivity contribution in [3.8, 4) is 0 Å². The summed E-state index contributed by atoms with van der Waals surface area (Å²) >= 11 is 5.83. The van der Waals surface area contributed by atoms with Gasteiger partial charge in [-0.05, 0) is 23.8 Å². The van der Waals surface area contributed by atoms with Crippen LogP contribution in [-0.4, -0.2) is 17.6 Å². The van der Waals surface area contributed by atoms with Crippen LogP contribution >= 0.6 is 11.6 Å². The van der Waals surface area contributed by atoms with Crippen molar-refractivity contribution >= 4 is 23.2 Å². The SMILES string of the molecule is Nc1ccc(Cl)cc1C(=O)NCC(O)c1ccccc1. The third kappa shape index (κ3) is 3.50. The second kappa shape index (κ2) is 6.41. The summed E-state index contributed by atoms with van der Waals surface area (Å²) in [5, 5.41) is 13.0. The molecule has 4 N–H and O–H groups in total. The van der Waals surface area contributed by atoms with Gasteiger partial charge in [-0.2, -0.15) is 0 Å². The van der Waals surface area contributed by atoms with Gasteiger partial charge in [0.15, 0.2) is 0 Å². The van der Waals surface area contributed by atoms with E-state index in [0.29, 0.717) is 16.3 Å². The summed E-state index contributed by atoms with van der Waals surface area (Å²) in [7, 11) is 0. The Kier molecular flexibility index (Phi) is 4.61. The van der Waals surface area contributed by atoms with E-state index >= 15 is 0 Å². The number of rotatable bonds is 4. The average Bonchev–Trinajstić information content (AvgIpc) is 2.47. The van der Waals surface area contributed by atoms with Gasteiger partial charge in [-0.1, -0.05) is 41.9 Å². The van der Waals surface area contributed by atoms with Crippen molar-refractivity contribution in [2.75, 3.05) is 12.3 Å². The molecule has 0 radical (unpaired) electrons. The van der Waals surface area contributed by atoms with Gasteiger partial charge in [-0.3, -0.25) is 4.79 Å². The largest absolute Gasteiger partial charge is 0.398 e. The van der Waals surface area contributed by atoms with Crippen LogP contribution in [0.25, 0.3) is 0 Å². The summed E-state index contributed by atoms with van der Waals surface area (Å²) in [6.07, 6.45) is -0.763. The number of benzene rings is 2. The molecule has 0 saturated carbocycles. The van der Waals surface area contributed by atoms with E-state index in [2.05, 4.69) is 5.32 Å². The fourth-order valence-corrected chi connectivity index (χ4v) is 1.97. The molecule has 2 rings (SSSR count). The first-order chi connectivity index (χ1) is 9.58. The van der Waals surface area contributed by atoms with E-state index < -0.39 is 6.10 Å². The Labute approximate surface area is 122 Å². The first kappa shape index (κ1) is 14.4. The molecule has 0 spiro atoms. The Morgan fingerprint density at radius 1 is 1.25 bits per heavy atom. The van der Waals surface area contributed by atoms with Gasteiger partial charge in [0.25, 0.3) is 5.91 Å². The normalized spacial score (nSPS) is 11.9. The zero-order chi connectivity index (χ0) is 14.5. The van der Waals surface area contributed by atoms with Gasteiger partial charge in [0.2, 0.25) is 0 Å². The van der Waals surface area contributed by atoms with Crippen LogP contribution in [0.5, 0.6) is 0 Å². The quantitative estimate of drug-likeness (QED) is 0.757. The van der Waals surface area contributed by atoms with Crippen LogP contribution in [0.3, 0.4) is 0 Å². The number of hydrogen-bond donors (Lipinski definition) is 3. The van der Waals surface area contributed by atoms with Crippen LogP contribution in [-0.2, 0) is 0 Å². The Balaban J connectivity index is 2.00. The van der Waals surface area contributed by atoms with Gasteiger partial charge >= 0.3 is 0 Å². The maximum Gasteiger partial charge on any atom is 0.253 e. The zero-order valence-electron chi connectivity index (χ0n) is 10.7. The molecule has 2 aromatic rings. The van der Waals surface area contributed by atoms with E-state index in [1.807, 2.05) is 18.2 Å². The van der Waals surface area contributed by atoms with Crippen LogP contribution in [0.4, 0.5) is 5.69 Å². The molecule has 4 nitrogen and oxygen atoms in total. The molecule has 1 atom stereocenters. The number of carbonyl (C=O) groups is 1. The molecule has 20 heavy (non-hydrogen) atoms. The lowest BCUT2D eigenvalue weighted by molar-refractivity contribution is 0.0917. The number of nitrogens with two attached hydrogens (primary N) is 1. The van der Waals surface area contributed by atoms with E-state index in [-0.39, 0.29) is 12.5 Å². The number of hydrogen-bond acceptors (Lipinski definition) is 3. The third-order valence-electron chi connectivity index (χ3n) is 2.90. The first-order valence-corrected chi connectivity index (χ1v) is 6.52. The molecule has 1 unspecified atom stereocenters. The summed E-state index contributed by atoms with van der Waals surface area (Å²) in [4.78, 5) is 12.0. The molecule has 0 aliphatic rings. The number of amides is 1. The van der Waals surface area contributed by atoms with Gasteiger partial charge in [-0.15, -0.1) is 0 Å². The number of halogens is 1. The number of anilines is 1. The van der Waals surface area contributed by atoms with Crippen molar-refractivity contribution in [1.29, 1.82) is 0 Å². The molecule has 1 amide bonds. The average molecular weight is 291 g/mol. The van der Waals surface area contributed by atoms with Crippen LogP contribution in [0.15, 0.2) is 48.5 Å². The molecule has 2 aromatic carbocycles. The summed E-state index contributed by atoms with van der Waals surface area (Å²) in [5.74, 6) is -0.361. The Morgan fingerprint density at radius 2 is 1.95 bits per heavy atom. The van der Waals surface area contributed by atoms with Gasteiger partial charge in [0.1, 0.15) is 0 Å². The second-order valence-corrected chi connectivity index (χ2v) is 4.80. The second-order valence-electron chi connectivity index (χ2n) is 4.37. The topological polar surface area (TPSA) is 75.4 Å². The number of nitrogen functional groups attached to an aromatic ring is 1. The highest BCUT2D eigenvalue weighted by Crippen LogP contribution is 2.18. The molecule has 0 aliphatic carbocycles. The van der Waals surface area contributed by atoms with Crippen molar-refractivity contribution in [2.45, 2.75) is 6.10 Å². The minimum absolute atomic E-state index is 0.106. The molecule has 104 valence electrons. The van der Waals surface area contributed by atoms with Crippen LogP contribution in [0, 0.1) is 0 Å². The Bertz CT molecular complexity index is 602. The standard InChI is InChI=1S/C15H15ClN2O2/c16-11-6-7-13(17)12(8-11)15(20)18-9-14(19)10-4-2-1-3-5-10/h1-8,14,19H,9,17H2,(H,18,20). The lowest BCUT2D eigenvalue weighted by Crippen LogP contribution is -2.29. The van der Waals surface area contributed by atoms with Crippen LogP contribution in [0.1, 0.15) is 22.0 Å². The summed E-state index contributed by atoms with van der Waals surface area (Å²) in [5.41, 5.74) is 7.12. The summed E-state index contributed by atoms with van der Waals surface area (Å²) in [6.45, 7) is 0.106. The molecular formula is C15H15ClN2O2. The van der Waals surface area contributed by atoms with E-state index in [0.717, 1.165) is 5.56 Å². The Hall–Kier alpha value is -2.04. The van der Waals surface area contributed by atoms with Gasteiger partial charge in [0, 0.05) is 17.3 Å². The Morgan fingerprint density at radius 3 is 2.65 bits per heavy atom. The highest BCUT2D eigenvalue weighted by molar-refractivity contribution is 6.31. The molecule has 0 heterocycles. The lowest BCUT2D eigenvalue weighted by atomic mass is 10.1. The minimum Gasteiger partial charge on any atom is -0.398 e. The maximum absolute atomic E-state index is 12.0. The van der Waals surface area contributed by atoms with E-state index in [9.17, 15) is 9.90 Å². The minimum atomic E-state index is -0.763. The van der Waals surface area contributed by atoms with E-state index in [1.165, 1.54) is 6.07 Å². The predicted octanol–water partition coefficient (Wildman–Crippen LogP) is 2.39. The lowest BCUT2D eigenvalue weighted by Gasteiger charge is -2.13. The van der Waals surface area contributed by atoms with Gasteiger partial charge < -0.3 is 16.2 Å². The van der Waals surface area contributed by atoms with Crippen molar-refractivity contribution < 1.29 is 9.90 Å². The fraction of sp³-hybridized carbons (Fsp3) is 0.133. The van der Waals surface area contributed by atoms with E-state index in [1.54, 1.807) is 24.3 Å². The monoisotopic (exact) mass is 290 g/mol. The maximum atomic E-state index is 12.0. The summed E-state index contributed by atoms with van der Waals surface area (Å²) in [6, 6.07) is 13.8. The van der Waals surface area contributed by atoms with E-state index in [4.69, 9.17) is 17.3 Å². The number of aliphatic hydroxyl groups excluding tert-OH is 1. The number of aliphatic hydroxyl groups is 1. The molecule has 0 fully saturated rings. The highest BCUT2D eigenvalue weighted by Gasteiger charge is 2.13. The predicted molar refractivity (Wildman–Crippen MR) is 79.6 cm³/mol. The highest BCUT2D eigenvalue weighted by atomic mass is 35.5. The molecular weight excluding hydrogens is 276 g/mol. The molecule has 5 heteroatoms. The van der Waals surface area contributed by atoms with Crippen molar-refractivity contribution in [3.63, 3.8) is 0 Å². The zero-order valence-corrected chi connectivity index (χ0v) is 11.5.